The second kappa shape index (κ2) is 5.71. The molecule has 0 saturated carbocycles. The lowest BCUT2D eigenvalue weighted by Crippen LogP contribution is -1.98. The first kappa shape index (κ1) is 13.9. The highest BCUT2D eigenvalue weighted by Crippen LogP contribution is 2.29. The van der Waals surface area contributed by atoms with Gasteiger partial charge in [0.15, 0.2) is 0 Å². The van der Waals surface area contributed by atoms with Gasteiger partial charge < -0.3 is 4.74 Å². The molecule has 1 heterocycles. The summed E-state index contributed by atoms with van der Waals surface area (Å²) in [5, 5.41) is 4.84. The van der Waals surface area contributed by atoms with Crippen LogP contribution in [0.4, 0.5) is 0 Å². The Labute approximate surface area is 132 Å². The number of para-hydroxylation sites is 2. The van der Waals surface area contributed by atoms with E-state index in [4.69, 9.17) is 28.6 Å². The molecule has 106 valence electrons. The Kier molecular flexibility index (Phi) is 3.77. The third-order valence-corrected chi connectivity index (χ3v) is 3.71. The van der Waals surface area contributed by atoms with Gasteiger partial charge in [-0.15, -0.1) is 5.10 Å². The van der Waals surface area contributed by atoms with E-state index in [1.54, 1.807) is 28.4 Å². The number of hydrogen-bond donors (Lipinski definition) is 0. The number of halogens is 1. The van der Waals surface area contributed by atoms with Crippen molar-refractivity contribution in [1.82, 2.24) is 14.3 Å². The van der Waals surface area contributed by atoms with Crippen LogP contribution in [0.25, 0.3) is 5.69 Å². The van der Waals surface area contributed by atoms with Gasteiger partial charge in [-0.2, -0.15) is 0 Å². The molecule has 0 aliphatic rings. The average molecular weight is 318 g/mol. The number of rotatable bonds is 3. The van der Waals surface area contributed by atoms with Crippen molar-refractivity contribution in [3.63, 3.8) is 0 Å². The van der Waals surface area contributed by atoms with E-state index in [2.05, 4.69) is 5.10 Å². The number of ether oxygens (including phenoxy) is 1. The zero-order valence-corrected chi connectivity index (χ0v) is 12.8. The SMILES string of the molecule is Cn1nc(Oc2ccccc2Cl)n(-c2ccccc2)c1=S. The van der Waals surface area contributed by atoms with Gasteiger partial charge in [0.05, 0.1) is 10.7 Å². The number of benzene rings is 2. The van der Waals surface area contributed by atoms with Crippen molar-refractivity contribution in [3.8, 4) is 17.4 Å². The molecule has 0 atom stereocenters. The predicted octanol–water partition coefficient (Wildman–Crippen LogP) is 4.39. The van der Waals surface area contributed by atoms with Crippen LogP contribution in [0.3, 0.4) is 0 Å². The van der Waals surface area contributed by atoms with Crippen LogP contribution < -0.4 is 4.74 Å². The van der Waals surface area contributed by atoms with Gasteiger partial charge in [0.2, 0.25) is 4.77 Å². The van der Waals surface area contributed by atoms with Gasteiger partial charge in [-0.3, -0.25) is 0 Å². The maximum atomic E-state index is 6.12. The Bertz CT molecular complexity index is 826. The molecule has 0 spiro atoms. The second-order valence-corrected chi connectivity index (χ2v) is 5.16. The predicted molar refractivity (Wildman–Crippen MR) is 84.9 cm³/mol. The maximum Gasteiger partial charge on any atom is 0.326 e. The molecule has 21 heavy (non-hydrogen) atoms. The van der Waals surface area contributed by atoms with E-state index in [1.807, 2.05) is 42.5 Å². The highest BCUT2D eigenvalue weighted by molar-refractivity contribution is 7.71. The molecule has 1 aromatic heterocycles. The standard InChI is InChI=1S/C15H12ClN3OS/c1-18-15(21)19(11-7-3-2-4-8-11)14(17-18)20-13-10-6-5-9-12(13)16/h2-10H,1H3. The van der Waals surface area contributed by atoms with Crippen LogP contribution in [0.15, 0.2) is 54.6 Å². The number of aryl methyl sites for hydroxylation is 1. The van der Waals surface area contributed by atoms with Crippen molar-refractivity contribution in [3.05, 3.63) is 64.4 Å². The van der Waals surface area contributed by atoms with Gasteiger partial charge in [0, 0.05) is 7.05 Å². The smallest absolute Gasteiger partial charge is 0.326 e. The van der Waals surface area contributed by atoms with Gasteiger partial charge in [0.1, 0.15) is 5.75 Å². The van der Waals surface area contributed by atoms with E-state index >= 15 is 0 Å². The molecule has 0 unspecified atom stereocenters. The molecule has 0 radical (unpaired) electrons. The largest absolute Gasteiger partial charge is 0.423 e. The van der Waals surface area contributed by atoms with Crippen molar-refractivity contribution in [2.24, 2.45) is 7.05 Å². The van der Waals surface area contributed by atoms with Gasteiger partial charge >= 0.3 is 6.01 Å². The lowest BCUT2D eigenvalue weighted by atomic mass is 10.3. The summed E-state index contributed by atoms with van der Waals surface area (Å²) in [5.74, 6) is 0.539. The summed E-state index contributed by atoms with van der Waals surface area (Å²) in [6.07, 6.45) is 0. The zero-order chi connectivity index (χ0) is 14.8. The fourth-order valence-corrected chi connectivity index (χ4v) is 2.33. The zero-order valence-electron chi connectivity index (χ0n) is 11.2. The molecule has 6 heteroatoms. The molecular formula is C15H12ClN3OS. The fourth-order valence-electron chi connectivity index (χ4n) is 1.93. The number of hydrogen-bond acceptors (Lipinski definition) is 3. The van der Waals surface area contributed by atoms with Crippen LogP contribution in [0, 0.1) is 4.77 Å². The highest BCUT2D eigenvalue weighted by Gasteiger charge is 2.14. The normalized spacial score (nSPS) is 10.6. The Morgan fingerprint density at radius 2 is 1.71 bits per heavy atom. The minimum Gasteiger partial charge on any atom is -0.423 e. The Morgan fingerprint density at radius 3 is 2.43 bits per heavy atom. The van der Waals surface area contributed by atoms with E-state index in [-0.39, 0.29) is 0 Å². The molecule has 0 aliphatic carbocycles. The van der Waals surface area contributed by atoms with E-state index in [9.17, 15) is 0 Å². The van der Waals surface area contributed by atoms with Gasteiger partial charge in [-0.05, 0) is 36.5 Å². The quantitative estimate of drug-likeness (QED) is 0.672. The molecule has 4 nitrogen and oxygen atoms in total. The third kappa shape index (κ3) is 2.70. The molecule has 0 fully saturated rings. The summed E-state index contributed by atoms with van der Waals surface area (Å²) < 4.78 is 9.73. The molecule has 0 N–H and O–H groups in total. The van der Waals surface area contributed by atoms with Crippen molar-refractivity contribution < 1.29 is 4.74 Å². The summed E-state index contributed by atoms with van der Waals surface area (Å²) in [6, 6.07) is 17.3. The molecular weight excluding hydrogens is 306 g/mol. The van der Waals surface area contributed by atoms with Crippen molar-refractivity contribution in [2.45, 2.75) is 0 Å². The summed E-state index contributed by atoms with van der Waals surface area (Å²) in [4.78, 5) is 0. The van der Waals surface area contributed by atoms with Crippen molar-refractivity contribution in [1.29, 1.82) is 0 Å². The molecule has 3 aromatic rings. The molecule has 0 bridgehead atoms. The first-order valence-electron chi connectivity index (χ1n) is 6.30. The highest BCUT2D eigenvalue weighted by atomic mass is 35.5. The maximum absolute atomic E-state index is 6.12. The number of aromatic nitrogens is 3. The minimum absolute atomic E-state index is 0.377. The van der Waals surface area contributed by atoms with Gasteiger partial charge in [0.25, 0.3) is 0 Å². The number of nitrogens with zero attached hydrogens (tertiary/aromatic N) is 3. The van der Waals surface area contributed by atoms with Crippen LogP contribution in [0.1, 0.15) is 0 Å². The van der Waals surface area contributed by atoms with Crippen molar-refractivity contribution >= 4 is 23.8 Å². The van der Waals surface area contributed by atoms with E-state index in [1.165, 1.54) is 0 Å². The summed E-state index contributed by atoms with van der Waals surface area (Å²) in [7, 11) is 1.78. The van der Waals surface area contributed by atoms with Crippen LogP contribution >= 0.6 is 23.8 Å². The summed E-state index contributed by atoms with van der Waals surface area (Å²) in [6.45, 7) is 0. The van der Waals surface area contributed by atoms with Crippen LogP contribution in [0.5, 0.6) is 11.8 Å². The fraction of sp³-hybridized carbons (Fsp3) is 0.0667. The van der Waals surface area contributed by atoms with Crippen LogP contribution in [-0.2, 0) is 7.05 Å². The van der Waals surface area contributed by atoms with Crippen molar-refractivity contribution in [2.75, 3.05) is 0 Å². The molecule has 2 aromatic carbocycles. The molecule has 3 rings (SSSR count). The minimum atomic E-state index is 0.377. The molecule has 0 saturated heterocycles. The van der Waals surface area contributed by atoms with E-state index < -0.39 is 0 Å². The van der Waals surface area contributed by atoms with E-state index in [0.717, 1.165) is 5.69 Å². The van der Waals surface area contributed by atoms with Crippen LogP contribution in [-0.4, -0.2) is 14.3 Å². The lowest BCUT2D eigenvalue weighted by Gasteiger charge is -2.08. The van der Waals surface area contributed by atoms with Gasteiger partial charge in [-0.25, -0.2) is 9.25 Å². The monoisotopic (exact) mass is 317 g/mol. The second-order valence-electron chi connectivity index (χ2n) is 4.39. The summed E-state index contributed by atoms with van der Waals surface area (Å²) >= 11 is 11.5. The third-order valence-electron chi connectivity index (χ3n) is 2.95. The Balaban J connectivity index is 2.10. The molecule has 0 aliphatic heterocycles. The lowest BCUT2D eigenvalue weighted by molar-refractivity contribution is 0.428. The van der Waals surface area contributed by atoms with Gasteiger partial charge in [-0.1, -0.05) is 41.9 Å². The Morgan fingerprint density at radius 1 is 1.05 bits per heavy atom. The first-order chi connectivity index (χ1) is 10.2. The first-order valence-corrected chi connectivity index (χ1v) is 7.09. The topological polar surface area (TPSA) is 32.0 Å². The van der Waals surface area contributed by atoms with Crippen LogP contribution in [0.2, 0.25) is 5.02 Å². The Hall–Kier alpha value is -2.11. The van der Waals surface area contributed by atoms with E-state index in [0.29, 0.717) is 21.6 Å². The molecule has 0 amide bonds. The summed E-state index contributed by atoms with van der Waals surface area (Å²) in [5.41, 5.74) is 0.887. The average Bonchev–Trinajstić information content (AvgIpc) is 2.77.